The summed E-state index contributed by atoms with van der Waals surface area (Å²) in [6.45, 7) is 0.524. The first-order valence-corrected chi connectivity index (χ1v) is 7.90. The van der Waals surface area contributed by atoms with E-state index in [-0.39, 0.29) is 11.7 Å². The zero-order chi connectivity index (χ0) is 17.8. The third-order valence-corrected chi connectivity index (χ3v) is 4.06. The first kappa shape index (κ1) is 16.7. The van der Waals surface area contributed by atoms with Crippen LogP contribution in [0.1, 0.15) is 29.4 Å². The summed E-state index contributed by atoms with van der Waals surface area (Å²) >= 11 is 0. The molecule has 0 saturated carbocycles. The van der Waals surface area contributed by atoms with Crippen LogP contribution in [0.3, 0.4) is 0 Å². The summed E-state index contributed by atoms with van der Waals surface area (Å²) in [6.07, 6.45) is 2.05. The van der Waals surface area contributed by atoms with Crippen molar-refractivity contribution in [2.75, 3.05) is 19.0 Å². The molecule has 1 saturated heterocycles. The van der Waals surface area contributed by atoms with Gasteiger partial charge in [0.1, 0.15) is 12.0 Å². The van der Waals surface area contributed by atoms with Gasteiger partial charge in [0.05, 0.1) is 7.11 Å². The van der Waals surface area contributed by atoms with E-state index in [4.69, 9.17) is 4.74 Å². The number of methoxy groups -OCH3 is 1. The zero-order valence-corrected chi connectivity index (χ0v) is 13.7. The Morgan fingerprint density at radius 3 is 2.68 bits per heavy atom. The lowest BCUT2D eigenvalue weighted by molar-refractivity contribution is 0.102. The van der Waals surface area contributed by atoms with E-state index in [0.29, 0.717) is 18.5 Å². The number of hydrogen-bond acceptors (Lipinski definition) is 5. The molecule has 1 aliphatic heterocycles. The molecule has 1 N–H and O–H groups in total. The third kappa shape index (κ3) is 3.52. The Morgan fingerprint density at radius 1 is 1.24 bits per heavy atom. The largest absolute Gasteiger partial charge is 0.453 e. The monoisotopic (exact) mass is 342 g/mol. The summed E-state index contributed by atoms with van der Waals surface area (Å²) in [4.78, 5) is 41.6. The predicted octanol–water partition coefficient (Wildman–Crippen LogP) is 1.86. The van der Waals surface area contributed by atoms with Gasteiger partial charge in [0.15, 0.2) is 0 Å². The lowest BCUT2D eigenvalue weighted by Gasteiger charge is -2.24. The topological polar surface area (TPSA) is 93.5 Å². The van der Waals surface area contributed by atoms with E-state index in [2.05, 4.69) is 10.3 Å². The summed E-state index contributed by atoms with van der Waals surface area (Å²) in [7, 11) is 1.31. The summed E-state index contributed by atoms with van der Waals surface area (Å²) in [5, 5.41) is 2.59. The van der Waals surface area contributed by atoms with Crippen molar-refractivity contribution in [1.29, 1.82) is 0 Å². The summed E-state index contributed by atoms with van der Waals surface area (Å²) < 4.78 is 6.12. The highest BCUT2D eigenvalue weighted by Crippen LogP contribution is 2.26. The van der Waals surface area contributed by atoms with Crippen molar-refractivity contribution < 1.29 is 14.3 Å². The van der Waals surface area contributed by atoms with Crippen LogP contribution in [0.4, 0.5) is 10.6 Å². The molecule has 2 amide bonds. The molecule has 8 nitrogen and oxygen atoms in total. The molecule has 1 atom stereocenters. The number of rotatable bonds is 3. The molecule has 8 heteroatoms. The number of hydrogen-bond donors (Lipinski definition) is 1. The second-order valence-electron chi connectivity index (χ2n) is 5.61. The smallest absolute Gasteiger partial charge is 0.411 e. The van der Waals surface area contributed by atoms with Gasteiger partial charge in [0, 0.05) is 18.3 Å². The standard InChI is InChI=1S/C17H18N4O4/c1-25-17(24)21-10-5-8-14(21)20-11-9-13(19-16(20)23)18-15(22)12-6-3-2-4-7-12/h2-4,6-7,9,11,14H,5,8,10H2,1H3,(H,18,19,22,23). The number of nitrogens with one attached hydrogen (secondary N) is 1. The SMILES string of the molecule is COC(=O)N1CCCC1n1ccc(NC(=O)c2ccccc2)nc1=O. The van der Waals surface area contributed by atoms with Gasteiger partial charge in [-0.15, -0.1) is 0 Å². The predicted molar refractivity (Wildman–Crippen MR) is 90.3 cm³/mol. The van der Waals surface area contributed by atoms with Gasteiger partial charge in [-0.1, -0.05) is 18.2 Å². The first-order valence-electron chi connectivity index (χ1n) is 7.90. The van der Waals surface area contributed by atoms with Crippen LogP contribution in [0.2, 0.25) is 0 Å². The summed E-state index contributed by atoms with van der Waals surface area (Å²) in [5.74, 6) is -0.181. The molecule has 1 aliphatic rings. The van der Waals surface area contributed by atoms with E-state index < -0.39 is 17.9 Å². The van der Waals surface area contributed by atoms with Crippen molar-refractivity contribution >= 4 is 17.8 Å². The Bertz CT molecular complexity index is 834. The molecule has 1 unspecified atom stereocenters. The highest BCUT2D eigenvalue weighted by atomic mass is 16.5. The Morgan fingerprint density at radius 2 is 2.00 bits per heavy atom. The fourth-order valence-corrected chi connectivity index (χ4v) is 2.86. The van der Waals surface area contributed by atoms with Crippen molar-refractivity contribution in [3.05, 3.63) is 58.6 Å². The van der Waals surface area contributed by atoms with Gasteiger partial charge in [-0.3, -0.25) is 14.3 Å². The van der Waals surface area contributed by atoms with Crippen molar-refractivity contribution in [3.8, 4) is 0 Å². The fourth-order valence-electron chi connectivity index (χ4n) is 2.86. The van der Waals surface area contributed by atoms with E-state index in [1.54, 1.807) is 24.3 Å². The van der Waals surface area contributed by atoms with Crippen LogP contribution in [0, 0.1) is 0 Å². The maximum absolute atomic E-state index is 12.3. The van der Waals surface area contributed by atoms with E-state index in [0.717, 1.165) is 6.42 Å². The maximum Gasteiger partial charge on any atom is 0.411 e. The Labute approximate surface area is 144 Å². The molecule has 3 rings (SSSR count). The maximum atomic E-state index is 12.3. The van der Waals surface area contributed by atoms with Gasteiger partial charge in [-0.25, -0.2) is 9.59 Å². The van der Waals surface area contributed by atoms with E-state index in [1.807, 2.05) is 6.07 Å². The molecule has 1 aromatic heterocycles. The third-order valence-electron chi connectivity index (χ3n) is 4.06. The van der Waals surface area contributed by atoms with Gasteiger partial charge in [-0.05, 0) is 31.0 Å². The average molecular weight is 342 g/mol. The molecule has 2 aromatic rings. The van der Waals surface area contributed by atoms with Gasteiger partial charge < -0.3 is 10.1 Å². The second kappa shape index (κ2) is 7.16. The van der Waals surface area contributed by atoms with E-state index in [9.17, 15) is 14.4 Å². The Hall–Kier alpha value is -3.16. The van der Waals surface area contributed by atoms with Crippen molar-refractivity contribution in [2.45, 2.75) is 19.0 Å². The van der Waals surface area contributed by atoms with Crippen LogP contribution in [0.5, 0.6) is 0 Å². The van der Waals surface area contributed by atoms with Crippen LogP contribution in [-0.4, -0.2) is 40.1 Å². The van der Waals surface area contributed by atoms with Crippen LogP contribution < -0.4 is 11.0 Å². The van der Waals surface area contributed by atoms with Gasteiger partial charge in [0.25, 0.3) is 5.91 Å². The van der Waals surface area contributed by atoms with Crippen LogP contribution in [-0.2, 0) is 4.74 Å². The number of anilines is 1. The number of carbonyl (C=O) groups is 2. The van der Waals surface area contributed by atoms with Gasteiger partial charge in [0.2, 0.25) is 0 Å². The van der Waals surface area contributed by atoms with Gasteiger partial charge in [-0.2, -0.15) is 4.98 Å². The molecule has 0 aliphatic carbocycles. The second-order valence-corrected chi connectivity index (χ2v) is 5.61. The number of carbonyl (C=O) groups excluding carboxylic acids is 2. The molecule has 0 radical (unpaired) electrons. The molecule has 2 heterocycles. The number of nitrogens with zero attached hydrogens (tertiary/aromatic N) is 3. The minimum atomic E-state index is -0.535. The van der Waals surface area contributed by atoms with Crippen molar-refractivity contribution in [3.63, 3.8) is 0 Å². The molecule has 0 spiro atoms. The summed E-state index contributed by atoms with van der Waals surface area (Å²) in [5.41, 5.74) is -0.0622. The molecule has 0 bridgehead atoms. The highest BCUT2D eigenvalue weighted by Gasteiger charge is 2.31. The molecular weight excluding hydrogens is 324 g/mol. The Kier molecular flexibility index (Phi) is 4.78. The highest BCUT2D eigenvalue weighted by molar-refractivity contribution is 6.03. The van der Waals surface area contributed by atoms with Crippen LogP contribution in [0.15, 0.2) is 47.4 Å². The normalized spacial score (nSPS) is 16.5. The molecule has 1 aromatic carbocycles. The molecular formula is C17H18N4O4. The minimum Gasteiger partial charge on any atom is -0.453 e. The van der Waals surface area contributed by atoms with E-state index in [1.165, 1.54) is 28.8 Å². The zero-order valence-electron chi connectivity index (χ0n) is 13.7. The summed E-state index contributed by atoms with van der Waals surface area (Å²) in [6, 6.07) is 10.2. The van der Waals surface area contributed by atoms with Gasteiger partial charge >= 0.3 is 11.8 Å². The fraction of sp³-hybridized carbons (Fsp3) is 0.294. The molecule has 25 heavy (non-hydrogen) atoms. The Balaban J connectivity index is 1.78. The number of amides is 2. The lowest BCUT2D eigenvalue weighted by Crippen LogP contribution is -2.38. The van der Waals surface area contributed by atoms with E-state index >= 15 is 0 Å². The van der Waals surface area contributed by atoms with Crippen LogP contribution in [0.25, 0.3) is 0 Å². The average Bonchev–Trinajstić information content (AvgIpc) is 3.11. The van der Waals surface area contributed by atoms with Crippen LogP contribution >= 0.6 is 0 Å². The minimum absolute atomic E-state index is 0.165. The first-order chi connectivity index (χ1) is 12.1. The lowest BCUT2D eigenvalue weighted by atomic mass is 10.2. The number of likely N-dealkylation sites (tertiary alicyclic amines) is 1. The number of ether oxygens (including phenoxy) is 1. The molecule has 130 valence electrons. The molecule has 1 fully saturated rings. The van der Waals surface area contributed by atoms with Crippen molar-refractivity contribution in [1.82, 2.24) is 14.5 Å². The quantitative estimate of drug-likeness (QED) is 0.919. The van der Waals surface area contributed by atoms with Crippen molar-refractivity contribution in [2.24, 2.45) is 0 Å². The number of benzene rings is 1. The number of aromatic nitrogens is 2.